The van der Waals surface area contributed by atoms with Gasteiger partial charge in [-0.05, 0) is 6.07 Å². The molecular weight excluding hydrogens is 375 g/mol. The van der Waals surface area contributed by atoms with Gasteiger partial charge < -0.3 is 9.80 Å². The van der Waals surface area contributed by atoms with Crippen molar-refractivity contribution in [2.24, 2.45) is 5.10 Å². The molecule has 2 aliphatic rings. The van der Waals surface area contributed by atoms with Gasteiger partial charge in [-0.3, -0.25) is 9.59 Å². The lowest BCUT2D eigenvalue weighted by Gasteiger charge is -2.36. The Bertz CT molecular complexity index is 760. The number of hydrogen-bond acceptors (Lipinski definition) is 5. The average Bonchev–Trinajstić information content (AvgIpc) is 2.61. The molecular formula is C15H15ClF3N5O2. The van der Waals surface area contributed by atoms with Gasteiger partial charge in [-0.15, -0.1) is 0 Å². The van der Waals surface area contributed by atoms with Crippen molar-refractivity contribution in [2.45, 2.75) is 19.0 Å². The van der Waals surface area contributed by atoms with Crippen LogP contribution < -0.4 is 10.3 Å². The van der Waals surface area contributed by atoms with Gasteiger partial charge in [0.2, 0.25) is 5.91 Å². The molecule has 26 heavy (non-hydrogen) atoms. The van der Waals surface area contributed by atoms with Crippen molar-refractivity contribution in [3.05, 3.63) is 22.8 Å². The highest BCUT2D eigenvalue weighted by molar-refractivity contribution is 6.39. The number of anilines is 1. The number of rotatable bonds is 2. The number of aromatic nitrogens is 1. The zero-order valence-electron chi connectivity index (χ0n) is 13.5. The van der Waals surface area contributed by atoms with E-state index in [2.05, 4.69) is 15.5 Å². The summed E-state index contributed by atoms with van der Waals surface area (Å²) in [6, 6.07) is 0.848. The van der Waals surface area contributed by atoms with Crippen molar-refractivity contribution in [2.75, 3.05) is 31.1 Å². The van der Waals surface area contributed by atoms with Crippen LogP contribution in [0.15, 0.2) is 17.4 Å². The molecule has 1 aromatic heterocycles. The van der Waals surface area contributed by atoms with Gasteiger partial charge in [-0.1, -0.05) is 11.6 Å². The maximum atomic E-state index is 12.7. The molecule has 0 radical (unpaired) electrons. The quantitative estimate of drug-likeness (QED) is 0.834. The molecule has 2 amide bonds. The van der Waals surface area contributed by atoms with E-state index in [4.69, 9.17) is 11.6 Å². The van der Waals surface area contributed by atoms with Gasteiger partial charge in [0.15, 0.2) is 0 Å². The Morgan fingerprint density at radius 2 is 1.88 bits per heavy atom. The molecule has 0 saturated carbocycles. The maximum Gasteiger partial charge on any atom is 0.417 e. The minimum absolute atomic E-state index is 0.0843. The van der Waals surface area contributed by atoms with Crippen LogP contribution in [0.4, 0.5) is 19.0 Å². The molecule has 2 aliphatic heterocycles. The smallest absolute Gasteiger partial charge is 0.352 e. The Labute approximate surface area is 151 Å². The first-order chi connectivity index (χ1) is 12.3. The topological polar surface area (TPSA) is 77.9 Å². The molecule has 0 unspecified atom stereocenters. The number of piperazine rings is 1. The molecule has 0 aromatic carbocycles. The van der Waals surface area contributed by atoms with E-state index in [0.29, 0.717) is 31.9 Å². The fourth-order valence-corrected chi connectivity index (χ4v) is 3.04. The molecule has 1 aromatic rings. The first-order valence-corrected chi connectivity index (χ1v) is 8.26. The second-order valence-electron chi connectivity index (χ2n) is 5.90. The molecule has 0 atom stereocenters. The van der Waals surface area contributed by atoms with Crippen molar-refractivity contribution in [1.82, 2.24) is 15.3 Å². The second-order valence-corrected chi connectivity index (χ2v) is 6.31. The molecule has 1 N–H and O–H groups in total. The summed E-state index contributed by atoms with van der Waals surface area (Å²) < 4.78 is 38.1. The lowest BCUT2D eigenvalue weighted by atomic mass is 10.1. The number of nitrogens with zero attached hydrogens (tertiary/aromatic N) is 4. The number of carbonyl (C=O) groups excluding carboxylic acids is 2. The van der Waals surface area contributed by atoms with Gasteiger partial charge in [0.25, 0.3) is 5.91 Å². The van der Waals surface area contributed by atoms with E-state index in [1.54, 1.807) is 9.80 Å². The van der Waals surface area contributed by atoms with E-state index in [-0.39, 0.29) is 35.5 Å². The highest BCUT2D eigenvalue weighted by Gasteiger charge is 2.33. The predicted molar refractivity (Wildman–Crippen MR) is 87.9 cm³/mol. The fraction of sp³-hybridized carbons (Fsp3) is 0.467. The average molecular weight is 390 g/mol. The minimum Gasteiger partial charge on any atom is -0.352 e. The van der Waals surface area contributed by atoms with Crippen LogP contribution in [0.2, 0.25) is 5.02 Å². The Kier molecular flexibility index (Phi) is 5.03. The number of hydrazone groups is 1. The SMILES string of the molecule is O=C1CCC(C(=O)N2CCN(c3ncc(C(F)(F)F)cc3Cl)CC2)=NN1. The van der Waals surface area contributed by atoms with Crippen LogP contribution in [0.1, 0.15) is 18.4 Å². The van der Waals surface area contributed by atoms with Gasteiger partial charge in [-0.25, -0.2) is 10.4 Å². The van der Waals surface area contributed by atoms with Crippen molar-refractivity contribution in [1.29, 1.82) is 0 Å². The summed E-state index contributed by atoms with van der Waals surface area (Å²) in [7, 11) is 0. The van der Waals surface area contributed by atoms with E-state index in [1.165, 1.54) is 0 Å². The third-order valence-electron chi connectivity index (χ3n) is 4.17. The summed E-state index contributed by atoms with van der Waals surface area (Å²) in [6.45, 7) is 1.46. The predicted octanol–water partition coefficient (Wildman–Crippen LogP) is 1.67. The van der Waals surface area contributed by atoms with Gasteiger partial charge in [0, 0.05) is 45.2 Å². The fourth-order valence-electron chi connectivity index (χ4n) is 2.75. The number of pyridine rings is 1. The number of halogens is 4. The second kappa shape index (κ2) is 7.10. The monoisotopic (exact) mass is 389 g/mol. The standard InChI is InChI=1S/C15H15ClF3N5O2/c16-10-7-9(15(17,18)19)8-20-13(10)23-3-5-24(6-4-23)14(26)11-1-2-12(25)22-21-11/h7-8H,1-6H2,(H,22,25). The first-order valence-electron chi connectivity index (χ1n) is 7.88. The van der Waals surface area contributed by atoms with E-state index >= 15 is 0 Å². The van der Waals surface area contributed by atoms with Gasteiger partial charge in [0.1, 0.15) is 11.5 Å². The Morgan fingerprint density at radius 1 is 1.19 bits per heavy atom. The zero-order chi connectivity index (χ0) is 18.9. The summed E-state index contributed by atoms with van der Waals surface area (Å²) in [5, 5.41) is 3.70. The summed E-state index contributed by atoms with van der Waals surface area (Å²) in [4.78, 5) is 30.6. The molecule has 1 saturated heterocycles. The molecule has 0 bridgehead atoms. The molecule has 11 heteroatoms. The number of hydrogen-bond donors (Lipinski definition) is 1. The van der Waals surface area contributed by atoms with Crippen LogP contribution in [0.5, 0.6) is 0 Å². The van der Waals surface area contributed by atoms with Gasteiger partial charge in [0.05, 0.1) is 10.6 Å². The molecule has 0 spiro atoms. The molecule has 140 valence electrons. The van der Waals surface area contributed by atoms with E-state index in [1.807, 2.05) is 0 Å². The number of alkyl halides is 3. The lowest BCUT2D eigenvalue weighted by Crippen LogP contribution is -2.51. The van der Waals surface area contributed by atoms with Crippen LogP contribution in [0.3, 0.4) is 0 Å². The van der Waals surface area contributed by atoms with Crippen LogP contribution >= 0.6 is 11.6 Å². The minimum atomic E-state index is -4.50. The van der Waals surface area contributed by atoms with Crippen LogP contribution in [0.25, 0.3) is 0 Å². The summed E-state index contributed by atoms with van der Waals surface area (Å²) in [6.07, 6.45) is -3.25. The Morgan fingerprint density at radius 3 is 2.42 bits per heavy atom. The zero-order valence-corrected chi connectivity index (χ0v) is 14.3. The summed E-state index contributed by atoms with van der Waals surface area (Å²) in [5.41, 5.74) is 1.67. The third kappa shape index (κ3) is 3.90. The largest absolute Gasteiger partial charge is 0.417 e. The molecule has 7 nitrogen and oxygen atoms in total. The van der Waals surface area contributed by atoms with Gasteiger partial charge >= 0.3 is 6.18 Å². The molecule has 3 rings (SSSR count). The van der Waals surface area contributed by atoms with Crippen molar-refractivity contribution in [3.63, 3.8) is 0 Å². The van der Waals surface area contributed by atoms with Crippen LogP contribution in [-0.2, 0) is 15.8 Å². The van der Waals surface area contributed by atoms with E-state index in [0.717, 1.165) is 12.3 Å². The number of nitrogens with one attached hydrogen (secondary N) is 1. The Balaban J connectivity index is 1.64. The first kappa shape index (κ1) is 18.4. The molecule has 3 heterocycles. The lowest BCUT2D eigenvalue weighted by molar-refractivity contribution is -0.137. The third-order valence-corrected chi connectivity index (χ3v) is 4.44. The summed E-state index contributed by atoms with van der Waals surface area (Å²) >= 11 is 5.96. The van der Waals surface area contributed by atoms with E-state index in [9.17, 15) is 22.8 Å². The molecule has 1 fully saturated rings. The van der Waals surface area contributed by atoms with Crippen molar-refractivity contribution in [3.8, 4) is 0 Å². The highest BCUT2D eigenvalue weighted by atomic mass is 35.5. The molecule has 0 aliphatic carbocycles. The van der Waals surface area contributed by atoms with Crippen LogP contribution in [-0.4, -0.2) is 53.6 Å². The normalized spacial score (nSPS) is 18.5. The van der Waals surface area contributed by atoms with E-state index < -0.39 is 11.7 Å². The Hall–Kier alpha value is -2.36. The van der Waals surface area contributed by atoms with Crippen LogP contribution in [0, 0.1) is 0 Å². The van der Waals surface area contributed by atoms with Gasteiger partial charge in [-0.2, -0.15) is 18.3 Å². The summed E-state index contributed by atoms with van der Waals surface area (Å²) in [5.74, 6) is -0.223. The van der Waals surface area contributed by atoms with Crippen molar-refractivity contribution < 1.29 is 22.8 Å². The maximum absolute atomic E-state index is 12.7. The highest BCUT2D eigenvalue weighted by Crippen LogP contribution is 2.33. The number of carbonyl (C=O) groups is 2. The number of amides is 2. The van der Waals surface area contributed by atoms with Crippen molar-refractivity contribution >= 4 is 34.9 Å².